The Morgan fingerprint density at radius 2 is 2.19 bits per heavy atom. The minimum atomic E-state index is 0.0183. The van der Waals surface area contributed by atoms with Crippen LogP contribution in [0.5, 0.6) is 5.88 Å². The van der Waals surface area contributed by atoms with Gasteiger partial charge in [0, 0.05) is 12.4 Å². The molecule has 5 heteroatoms. The van der Waals surface area contributed by atoms with Crippen molar-refractivity contribution < 1.29 is 4.74 Å². The summed E-state index contributed by atoms with van der Waals surface area (Å²) in [6, 6.07) is 8.43. The van der Waals surface area contributed by atoms with Crippen molar-refractivity contribution in [1.29, 1.82) is 0 Å². The highest BCUT2D eigenvalue weighted by atomic mass is 16.5. The Bertz CT molecular complexity index is 796. The summed E-state index contributed by atoms with van der Waals surface area (Å²) in [7, 11) is 0. The zero-order valence-electron chi connectivity index (χ0n) is 11.6. The number of benzene rings is 1. The first kappa shape index (κ1) is 12.2. The van der Waals surface area contributed by atoms with Crippen molar-refractivity contribution in [3.8, 4) is 5.88 Å². The maximum absolute atomic E-state index is 6.16. The van der Waals surface area contributed by atoms with Crippen molar-refractivity contribution in [3.05, 3.63) is 54.0 Å². The molecule has 0 aliphatic heterocycles. The summed E-state index contributed by atoms with van der Waals surface area (Å²) in [5, 5.41) is 0. The number of anilines is 1. The number of nitrogen functional groups attached to an aromatic ring is 1. The zero-order chi connectivity index (χ0) is 14.2. The van der Waals surface area contributed by atoms with Gasteiger partial charge in [0.15, 0.2) is 0 Å². The van der Waals surface area contributed by atoms with Gasteiger partial charge in [-0.15, -0.1) is 0 Å². The molecule has 1 unspecified atom stereocenters. The van der Waals surface area contributed by atoms with Gasteiger partial charge in [-0.25, -0.2) is 4.98 Å². The van der Waals surface area contributed by atoms with Crippen LogP contribution in [0, 0.1) is 0 Å². The van der Waals surface area contributed by atoms with Gasteiger partial charge in [-0.1, -0.05) is 24.3 Å². The predicted molar refractivity (Wildman–Crippen MR) is 80.1 cm³/mol. The van der Waals surface area contributed by atoms with Crippen LogP contribution in [0.25, 0.3) is 5.65 Å². The number of nitrogens with zero attached hydrogens (tertiary/aromatic N) is 3. The molecule has 1 aliphatic carbocycles. The summed E-state index contributed by atoms with van der Waals surface area (Å²) in [6.07, 6.45) is 8.54. The molecule has 5 nitrogen and oxygen atoms in total. The van der Waals surface area contributed by atoms with Gasteiger partial charge in [-0.05, 0) is 30.4 Å². The van der Waals surface area contributed by atoms with E-state index in [-0.39, 0.29) is 6.10 Å². The minimum Gasteiger partial charge on any atom is -0.467 e. The molecule has 0 amide bonds. The third-order valence-electron chi connectivity index (χ3n) is 3.93. The van der Waals surface area contributed by atoms with Crippen LogP contribution in [0.3, 0.4) is 0 Å². The SMILES string of the molecule is Nc1cn2ccnc2c(OC2CCCc3ccccc32)n1. The molecule has 0 spiro atoms. The molecule has 2 heterocycles. The highest BCUT2D eigenvalue weighted by Crippen LogP contribution is 2.34. The fraction of sp³-hybridized carbons (Fsp3) is 0.250. The topological polar surface area (TPSA) is 65.4 Å². The van der Waals surface area contributed by atoms with E-state index in [0.29, 0.717) is 17.3 Å². The van der Waals surface area contributed by atoms with Gasteiger partial charge < -0.3 is 10.5 Å². The number of aryl methyl sites for hydroxylation is 1. The largest absolute Gasteiger partial charge is 0.467 e. The second kappa shape index (κ2) is 4.77. The average molecular weight is 280 g/mol. The summed E-state index contributed by atoms with van der Waals surface area (Å²) < 4.78 is 8.00. The highest BCUT2D eigenvalue weighted by molar-refractivity contribution is 5.53. The first-order valence-corrected chi connectivity index (χ1v) is 7.15. The minimum absolute atomic E-state index is 0.0183. The van der Waals surface area contributed by atoms with Crippen LogP contribution >= 0.6 is 0 Å². The van der Waals surface area contributed by atoms with Gasteiger partial charge in [-0.2, -0.15) is 4.98 Å². The molecule has 1 aromatic carbocycles. The molecule has 0 fully saturated rings. The Morgan fingerprint density at radius 3 is 3.14 bits per heavy atom. The maximum Gasteiger partial charge on any atom is 0.260 e. The van der Waals surface area contributed by atoms with Gasteiger partial charge in [0.1, 0.15) is 11.9 Å². The van der Waals surface area contributed by atoms with Crippen molar-refractivity contribution in [3.63, 3.8) is 0 Å². The average Bonchev–Trinajstić information content (AvgIpc) is 2.96. The van der Waals surface area contributed by atoms with Gasteiger partial charge in [0.05, 0.1) is 6.20 Å². The first-order valence-electron chi connectivity index (χ1n) is 7.15. The molecule has 1 aliphatic rings. The Labute approximate surface area is 122 Å². The van der Waals surface area contributed by atoms with Gasteiger partial charge in [0.2, 0.25) is 5.65 Å². The lowest BCUT2D eigenvalue weighted by atomic mass is 9.89. The predicted octanol–water partition coefficient (Wildman–Crippen LogP) is 2.77. The molecular weight excluding hydrogens is 264 g/mol. The summed E-state index contributed by atoms with van der Waals surface area (Å²) >= 11 is 0. The molecule has 2 aromatic heterocycles. The van der Waals surface area contributed by atoms with Crippen LogP contribution in [0.15, 0.2) is 42.9 Å². The van der Waals surface area contributed by atoms with Gasteiger partial charge in [0.25, 0.3) is 5.88 Å². The first-order chi connectivity index (χ1) is 10.3. The van der Waals surface area contributed by atoms with E-state index in [2.05, 4.69) is 34.2 Å². The zero-order valence-corrected chi connectivity index (χ0v) is 11.6. The second-order valence-electron chi connectivity index (χ2n) is 5.33. The second-order valence-corrected chi connectivity index (χ2v) is 5.33. The van der Waals surface area contributed by atoms with Gasteiger partial charge in [-0.3, -0.25) is 4.40 Å². The number of nitrogens with two attached hydrogens (primary N) is 1. The van der Waals surface area contributed by atoms with E-state index in [4.69, 9.17) is 10.5 Å². The molecule has 3 aromatic rings. The number of rotatable bonds is 2. The Balaban J connectivity index is 1.74. The van der Waals surface area contributed by atoms with Crippen molar-refractivity contribution in [1.82, 2.24) is 14.4 Å². The summed E-state index contributed by atoms with van der Waals surface area (Å²) in [5.41, 5.74) is 9.15. The van der Waals surface area contributed by atoms with Crippen LogP contribution < -0.4 is 10.5 Å². The fourth-order valence-corrected chi connectivity index (χ4v) is 2.97. The summed E-state index contributed by atoms with van der Waals surface area (Å²) in [4.78, 5) is 8.61. The highest BCUT2D eigenvalue weighted by Gasteiger charge is 2.23. The molecule has 21 heavy (non-hydrogen) atoms. The smallest absolute Gasteiger partial charge is 0.260 e. The Hall–Kier alpha value is -2.56. The monoisotopic (exact) mass is 280 g/mol. The lowest BCUT2D eigenvalue weighted by molar-refractivity contribution is 0.177. The van der Waals surface area contributed by atoms with Crippen molar-refractivity contribution in [2.75, 3.05) is 5.73 Å². The fourth-order valence-electron chi connectivity index (χ4n) is 2.97. The standard InChI is InChI=1S/C16H16N4O/c17-14-10-20-9-8-18-15(20)16(19-14)21-13-7-3-5-11-4-1-2-6-12(11)13/h1-2,4,6,8-10,13H,3,5,7,17H2. The van der Waals surface area contributed by atoms with E-state index in [1.54, 1.807) is 12.4 Å². The van der Waals surface area contributed by atoms with Crippen LogP contribution in [-0.4, -0.2) is 14.4 Å². The number of imidazole rings is 1. The quantitative estimate of drug-likeness (QED) is 0.784. The summed E-state index contributed by atoms with van der Waals surface area (Å²) in [6.45, 7) is 0. The van der Waals surface area contributed by atoms with E-state index in [1.165, 1.54) is 11.1 Å². The molecule has 0 saturated carbocycles. The molecule has 106 valence electrons. The molecule has 0 saturated heterocycles. The van der Waals surface area contributed by atoms with E-state index < -0.39 is 0 Å². The molecular formula is C16H16N4O. The van der Waals surface area contributed by atoms with Crippen LogP contribution in [-0.2, 0) is 6.42 Å². The number of aromatic nitrogens is 3. The lowest BCUT2D eigenvalue weighted by Crippen LogP contribution is -2.16. The number of hydrogen-bond acceptors (Lipinski definition) is 4. The van der Waals surface area contributed by atoms with Crippen molar-refractivity contribution >= 4 is 11.5 Å². The maximum atomic E-state index is 6.16. The Morgan fingerprint density at radius 1 is 1.29 bits per heavy atom. The molecule has 1 atom stereocenters. The number of hydrogen-bond donors (Lipinski definition) is 1. The normalized spacial score (nSPS) is 17.6. The number of ether oxygens (including phenoxy) is 1. The van der Waals surface area contributed by atoms with Crippen molar-refractivity contribution in [2.24, 2.45) is 0 Å². The van der Waals surface area contributed by atoms with E-state index >= 15 is 0 Å². The third kappa shape index (κ3) is 2.11. The lowest BCUT2D eigenvalue weighted by Gasteiger charge is -2.25. The molecule has 0 bridgehead atoms. The van der Waals surface area contributed by atoms with E-state index in [9.17, 15) is 0 Å². The Kier molecular flexibility index (Phi) is 2.77. The molecule has 2 N–H and O–H groups in total. The van der Waals surface area contributed by atoms with E-state index in [0.717, 1.165) is 19.3 Å². The van der Waals surface area contributed by atoms with Gasteiger partial charge >= 0.3 is 0 Å². The van der Waals surface area contributed by atoms with Crippen LogP contribution in [0.1, 0.15) is 30.1 Å². The van der Waals surface area contributed by atoms with E-state index in [1.807, 2.05) is 10.6 Å². The van der Waals surface area contributed by atoms with Crippen molar-refractivity contribution in [2.45, 2.75) is 25.4 Å². The molecule has 0 radical (unpaired) electrons. The molecule has 4 rings (SSSR count). The summed E-state index contributed by atoms with van der Waals surface area (Å²) in [5.74, 6) is 0.932. The van der Waals surface area contributed by atoms with Crippen LogP contribution in [0.4, 0.5) is 5.82 Å². The number of fused-ring (bicyclic) bond motifs is 2. The third-order valence-corrected chi connectivity index (χ3v) is 3.93. The van der Waals surface area contributed by atoms with Crippen LogP contribution in [0.2, 0.25) is 0 Å².